The van der Waals surface area contributed by atoms with Crippen molar-refractivity contribution in [1.29, 1.82) is 0 Å². The van der Waals surface area contributed by atoms with Crippen LogP contribution in [-0.4, -0.2) is 5.43 Å². The second kappa shape index (κ2) is 9.86. The maximum atomic E-state index is 3.30. The van der Waals surface area contributed by atoms with Gasteiger partial charge in [0.15, 0.2) is 0 Å². The third kappa shape index (κ3) is 4.82. The SMILES string of the molecule is C[Si](C)=[Zr+2].[c-]1cccc2c1Cc1ccccc1-2.[c-]1cccc2c1Cc1ccccc1-2. The molecule has 0 N–H and O–H groups in total. The van der Waals surface area contributed by atoms with Gasteiger partial charge in [0.25, 0.3) is 0 Å². The molecule has 0 radical (unpaired) electrons. The summed E-state index contributed by atoms with van der Waals surface area (Å²) in [7, 11) is 0. The predicted octanol–water partition coefficient (Wildman–Crippen LogP) is 6.90. The largest absolute Gasteiger partial charge is 0.179 e. The summed E-state index contributed by atoms with van der Waals surface area (Å²) in [6.45, 7) is 4.62. The van der Waals surface area contributed by atoms with E-state index in [0.29, 0.717) is 0 Å². The predicted molar refractivity (Wildman–Crippen MR) is 125 cm³/mol. The van der Waals surface area contributed by atoms with E-state index in [-0.39, 0.29) is 5.43 Å². The summed E-state index contributed by atoms with van der Waals surface area (Å²) in [6.07, 6.45) is 2.10. The van der Waals surface area contributed by atoms with Crippen LogP contribution in [0.5, 0.6) is 0 Å². The van der Waals surface area contributed by atoms with Crippen molar-refractivity contribution >= 4 is 5.43 Å². The smallest absolute Gasteiger partial charge is 0.0253 e. The topological polar surface area (TPSA) is 0 Å². The summed E-state index contributed by atoms with van der Waals surface area (Å²) in [5.41, 5.74) is 11.2. The van der Waals surface area contributed by atoms with Crippen LogP contribution in [-0.2, 0) is 36.2 Å². The maximum Gasteiger partial charge on any atom is -0.0253 e. The van der Waals surface area contributed by atoms with Gasteiger partial charge in [0.2, 0.25) is 0 Å². The van der Waals surface area contributed by atoms with E-state index in [9.17, 15) is 0 Å². The van der Waals surface area contributed by atoms with E-state index >= 15 is 0 Å². The van der Waals surface area contributed by atoms with E-state index in [4.69, 9.17) is 0 Å². The molecule has 0 aliphatic heterocycles. The summed E-state index contributed by atoms with van der Waals surface area (Å²) in [6, 6.07) is 36.2. The first-order valence-corrected chi connectivity index (χ1v) is 16.5. The van der Waals surface area contributed by atoms with Crippen molar-refractivity contribution in [3.63, 3.8) is 0 Å². The van der Waals surface area contributed by atoms with Crippen LogP contribution in [0.15, 0.2) is 84.9 Å². The fraction of sp³-hybridized carbons (Fsp3) is 0.143. The molecule has 2 heteroatoms. The first kappa shape index (κ1) is 21.2. The molecule has 0 spiro atoms. The average molecular weight is 480 g/mol. The van der Waals surface area contributed by atoms with Crippen molar-refractivity contribution in [2.24, 2.45) is 0 Å². The summed E-state index contributed by atoms with van der Waals surface area (Å²) in [4.78, 5) is 0. The van der Waals surface area contributed by atoms with E-state index in [1.165, 1.54) is 44.5 Å². The van der Waals surface area contributed by atoms with Gasteiger partial charge in [-0.2, -0.15) is 59.7 Å². The minimum absolute atomic E-state index is 0.210. The second-order valence-corrected chi connectivity index (χ2v) is 17.2. The monoisotopic (exact) mass is 478 g/mol. The number of benzene rings is 4. The Labute approximate surface area is 195 Å². The quantitative estimate of drug-likeness (QED) is 0.164. The van der Waals surface area contributed by atoms with Gasteiger partial charge in [-0.25, -0.2) is 0 Å². The molecule has 0 bridgehead atoms. The Morgan fingerprint density at radius 1 is 0.600 bits per heavy atom. The standard InChI is InChI=1S/2C13H9.C2H6Si.Zr/c2*1-3-7-12-10(5-1)9-11-6-2-4-8-13(11)12;1-3-2;/h2*1-5,7-8H,9H2;1-2H3;/q2*-1;;+2. The summed E-state index contributed by atoms with van der Waals surface area (Å²) in [5, 5.41) is 0. The Morgan fingerprint density at radius 2 is 0.967 bits per heavy atom. The zero-order valence-corrected chi connectivity index (χ0v) is 21.0. The zero-order chi connectivity index (χ0) is 20.9. The molecule has 0 saturated carbocycles. The van der Waals surface area contributed by atoms with Crippen LogP contribution in [0, 0.1) is 12.1 Å². The van der Waals surface area contributed by atoms with Crippen molar-refractivity contribution in [3.8, 4) is 22.3 Å². The third-order valence-corrected chi connectivity index (χ3v) is 5.23. The van der Waals surface area contributed by atoms with Gasteiger partial charge in [0.1, 0.15) is 0 Å². The number of hydrogen-bond donors (Lipinski definition) is 0. The first-order chi connectivity index (χ1) is 14.6. The molecular weight excluding hydrogens is 456 g/mol. The molecule has 2 aliphatic rings. The van der Waals surface area contributed by atoms with Gasteiger partial charge in [0.05, 0.1) is 0 Å². The molecule has 0 nitrogen and oxygen atoms in total. The van der Waals surface area contributed by atoms with Crippen molar-refractivity contribution in [2.75, 3.05) is 0 Å². The molecule has 2 aliphatic carbocycles. The molecule has 0 fully saturated rings. The van der Waals surface area contributed by atoms with Gasteiger partial charge in [-0.3, -0.25) is 0 Å². The van der Waals surface area contributed by atoms with Crippen LogP contribution in [0.25, 0.3) is 22.3 Å². The molecule has 0 unspecified atom stereocenters. The Balaban J connectivity index is 0.000000124. The fourth-order valence-corrected chi connectivity index (χ4v) is 4.00. The Kier molecular flexibility index (Phi) is 6.97. The molecule has 6 rings (SSSR count). The normalized spacial score (nSPS) is 11.6. The van der Waals surface area contributed by atoms with Gasteiger partial charge < -0.3 is 0 Å². The molecule has 4 aromatic rings. The van der Waals surface area contributed by atoms with Crippen molar-refractivity contribution in [2.45, 2.75) is 25.9 Å². The van der Waals surface area contributed by atoms with Crippen molar-refractivity contribution < 1.29 is 23.3 Å². The fourth-order valence-electron chi connectivity index (χ4n) is 4.00. The van der Waals surface area contributed by atoms with E-state index in [0.717, 1.165) is 12.8 Å². The van der Waals surface area contributed by atoms with Gasteiger partial charge in [0, 0.05) is 0 Å². The van der Waals surface area contributed by atoms with Crippen LogP contribution < -0.4 is 0 Å². The van der Waals surface area contributed by atoms with Crippen LogP contribution in [0.4, 0.5) is 0 Å². The van der Waals surface area contributed by atoms with Crippen LogP contribution in [0.3, 0.4) is 0 Å². The zero-order valence-electron chi connectivity index (χ0n) is 17.5. The number of fused-ring (bicyclic) bond motifs is 6. The van der Waals surface area contributed by atoms with Crippen LogP contribution >= 0.6 is 0 Å². The molecule has 0 heterocycles. The van der Waals surface area contributed by atoms with Crippen molar-refractivity contribution in [1.82, 2.24) is 0 Å². The molecule has 0 amide bonds. The summed E-state index contributed by atoms with van der Waals surface area (Å²) >= 11 is 1.74. The van der Waals surface area contributed by atoms with E-state index < -0.39 is 0 Å². The average Bonchev–Trinajstić information content (AvgIpc) is 3.32. The summed E-state index contributed by atoms with van der Waals surface area (Å²) < 4.78 is 0. The van der Waals surface area contributed by atoms with Gasteiger partial charge in [-0.05, 0) is 12.8 Å². The van der Waals surface area contributed by atoms with Gasteiger partial charge in [-0.15, -0.1) is 11.1 Å². The minimum Gasteiger partial charge on any atom is -0.179 e. The molecule has 0 atom stereocenters. The van der Waals surface area contributed by atoms with Gasteiger partial charge >= 0.3 is 41.9 Å². The molecule has 0 aromatic heterocycles. The van der Waals surface area contributed by atoms with Crippen LogP contribution in [0.1, 0.15) is 22.3 Å². The van der Waals surface area contributed by atoms with Gasteiger partial charge in [-0.1, -0.05) is 70.8 Å². The maximum absolute atomic E-state index is 3.30. The second-order valence-electron chi connectivity index (χ2n) is 7.79. The first-order valence-electron chi connectivity index (χ1n) is 10.3. The van der Waals surface area contributed by atoms with E-state index in [2.05, 4.69) is 98.0 Å². The Morgan fingerprint density at radius 3 is 1.40 bits per heavy atom. The van der Waals surface area contributed by atoms with Crippen LogP contribution in [0.2, 0.25) is 13.1 Å². The van der Waals surface area contributed by atoms with E-state index in [1.807, 2.05) is 12.1 Å². The number of hydrogen-bond acceptors (Lipinski definition) is 0. The Bertz CT molecular complexity index is 1010. The molecule has 144 valence electrons. The molecule has 0 saturated heterocycles. The minimum atomic E-state index is 0.210. The molecular formula is C28H24SiZr. The number of rotatable bonds is 0. The molecule has 30 heavy (non-hydrogen) atoms. The van der Waals surface area contributed by atoms with Crippen molar-refractivity contribution in [3.05, 3.63) is 119 Å². The van der Waals surface area contributed by atoms with E-state index in [1.54, 1.807) is 23.3 Å². The third-order valence-electron chi connectivity index (χ3n) is 5.23. The molecule has 4 aromatic carbocycles. The summed E-state index contributed by atoms with van der Waals surface area (Å²) in [5.74, 6) is 0. The Hall–Kier alpha value is -2.02.